The zero-order chi connectivity index (χ0) is 20.7. The highest BCUT2D eigenvalue weighted by Crippen LogP contribution is 2.29. The van der Waals surface area contributed by atoms with Crippen LogP contribution < -0.4 is 0 Å². The van der Waals surface area contributed by atoms with Crippen molar-refractivity contribution in [2.45, 2.75) is 62.2 Å². The number of hydrogen-bond acceptors (Lipinski definition) is 3. The molecule has 0 aromatic heterocycles. The summed E-state index contributed by atoms with van der Waals surface area (Å²) >= 11 is 6.65. The van der Waals surface area contributed by atoms with Gasteiger partial charge in [0.1, 0.15) is 10.3 Å². The molecule has 0 bridgehead atoms. The van der Waals surface area contributed by atoms with E-state index in [1.807, 2.05) is 82.3 Å². The van der Waals surface area contributed by atoms with Crippen LogP contribution in [0.25, 0.3) is 0 Å². The third-order valence-corrected chi connectivity index (χ3v) is 6.70. The van der Waals surface area contributed by atoms with Crippen LogP contribution in [0.15, 0.2) is 59.5 Å². The molecule has 0 N–H and O–H groups in total. The fourth-order valence-electron chi connectivity index (χ4n) is 2.90. The molecule has 2 rings (SSSR count). The van der Waals surface area contributed by atoms with Gasteiger partial charge in [0.2, 0.25) is 0 Å². The highest BCUT2D eigenvalue weighted by molar-refractivity contribution is 7.87. The van der Waals surface area contributed by atoms with Crippen LogP contribution in [0, 0.1) is 12.8 Å². The van der Waals surface area contributed by atoms with E-state index in [-0.39, 0.29) is 18.3 Å². The van der Waals surface area contributed by atoms with E-state index in [1.165, 1.54) is 5.56 Å². The molecular weight excluding hydrogens is 392 g/mol. The highest BCUT2D eigenvalue weighted by Gasteiger charge is 2.30. The van der Waals surface area contributed by atoms with E-state index in [1.54, 1.807) is 0 Å². The molecule has 2 aromatic rings. The lowest BCUT2D eigenvalue weighted by Crippen LogP contribution is -2.29. The molecule has 0 amide bonds. The minimum atomic E-state index is -1.41. The number of hydrogen-bond donors (Lipinski definition) is 0. The molecule has 0 heterocycles. The Labute approximate surface area is 175 Å². The molecule has 0 spiro atoms. The summed E-state index contributed by atoms with van der Waals surface area (Å²) in [6.07, 6.45) is 1.58. The van der Waals surface area contributed by atoms with E-state index in [0.29, 0.717) is 11.3 Å². The molecule has 3 atom stereocenters. The fraction of sp³-hybridized carbons (Fsp3) is 0.435. The summed E-state index contributed by atoms with van der Waals surface area (Å²) in [6.45, 7) is 7.50. The first-order chi connectivity index (χ1) is 13.2. The minimum absolute atomic E-state index is 0.149. The summed E-state index contributed by atoms with van der Waals surface area (Å²) < 4.78 is 17.8. The summed E-state index contributed by atoms with van der Waals surface area (Å²) in [4.78, 5) is 13.1. The lowest BCUT2D eigenvalue weighted by molar-refractivity contribution is -0.155. The Hall–Kier alpha value is -1.65. The number of benzene rings is 2. The van der Waals surface area contributed by atoms with Gasteiger partial charge in [-0.15, -0.1) is 11.6 Å². The van der Waals surface area contributed by atoms with Crippen LogP contribution in [0.5, 0.6) is 0 Å². The Morgan fingerprint density at radius 3 is 2.25 bits per heavy atom. The maximum Gasteiger partial charge on any atom is 0.306 e. The number of carbonyl (C=O) groups excluding carboxylic acids is 1. The quantitative estimate of drug-likeness (QED) is 0.409. The molecule has 0 aliphatic carbocycles. The number of halogens is 1. The summed E-state index contributed by atoms with van der Waals surface area (Å²) in [5.41, 5.74) is 1.71. The van der Waals surface area contributed by atoms with Gasteiger partial charge in [-0.25, -0.2) is 0 Å². The molecule has 2 aromatic carbocycles. The molecule has 3 unspecified atom stereocenters. The predicted octanol–water partition coefficient (Wildman–Crippen LogP) is 5.65. The first-order valence-electron chi connectivity index (χ1n) is 9.53. The van der Waals surface area contributed by atoms with Gasteiger partial charge >= 0.3 is 5.97 Å². The topological polar surface area (TPSA) is 43.4 Å². The number of carbonyl (C=O) groups is 1. The maximum atomic E-state index is 13.0. The van der Waals surface area contributed by atoms with E-state index in [9.17, 15) is 9.00 Å². The Balaban J connectivity index is 2.13. The molecule has 0 fully saturated rings. The van der Waals surface area contributed by atoms with Crippen molar-refractivity contribution in [2.75, 3.05) is 0 Å². The van der Waals surface area contributed by atoms with E-state index in [0.717, 1.165) is 12.0 Å². The van der Waals surface area contributed by atoms with Gasteiger partial charge in [0.05, 0.1) is 17.2 Å². The SMILES string of the molecule is Cc1ccc(S(=O)C(Cl)C(CCc2ccccc2)CC(=O)OC(C)(C)C)cc1. The van der Waals surface area contributed by atoms with E-state index >= 15 is 0 Å². The van der Waals surface area contributed by atoms with Crippen LogP contribution in [0.4, 0.5) is 0 Å². The Morgan fingerprint density at radius 1 is 1.07 bits per heavy atom. The summed E-state index contributed by atoms with van der Waals surface area (Å²) in [7, 11) is -1.41. The standard InChI is InChI=1S/C23H29ClO3S/c1-17-10-14-20(15-11-17)28(26)22(24)19(16-21(25)27-23(2,3)4)13-12-18-8-6-5-7-9-18/h5-11,14-15,19,22H,12-13,16H2,1-4H3. The average molecular weight is 421 g/mol. The number of rotatable bonds is 8. The molecule has 28 heavy (non-hydrogen) atoms. The van der Waals surface area contributed by atoms with Crippen molar-refractivity contribution < 1.29 is 13.7 Å². The van der Waals surface area contributed by atoms with Crippen molar-refractivity contribution in [1.29, 1.82) is 0 Å². The van der Waals surface area contributed by atoms with E-state index in [4.69, 9.17) is 16.3 Å². The summed E-state index contributed by atoms with van der Waals surface area (Å²) in [6, 6.07) is 17.5. The number of alkyl halides is 1. The van der Waals surface area contributed by atoms with Crippen molar-refractivity contribution in [3.63, 3.8) is 0 Å². The third kappa shape index (κ3) is 7.40. The van der Waals surface area contributed by atoms with Crippen LogP contribution in [0.1, 0.15) is 44.7 Å². The number of esters is 1. The Kier molecular flexibility index (Phi) is 8.26. The molecule has 0 aliphatic rings. The fourth-order valence-corrected chi connectivity index (χ4v) is 4.67. The van der Waals surface area contributed by atoms with Crippen LogP contribution in [0.3, 0.4) is 0 Å². The monoisotopic (exact) mass is 420 g/mol. The Morgan fingerprint density at radius 2 is 1.68 bits per heavy atom. The smallest absolute Gasteiger partial charge is 0.306 e. The first-order valence-corrected chi connectivity index (χ1v) is 11.2. The first kappa shape index (κ1) is 22.6. The van der Waals surface area contributed by atoms with Gasteiger partial charge in [-0.2, -0.15) is 0 Å². The number of aryl methyl sites for hydroxylation is 2. The molecule has 0 saturated heterocycles. The van der Waals surface area contributed by atoms with Gasteiger partial charge < -0.3 is 4.74 Å². The third-order valence-electron chi connectivity index (χ3n) is 4.32. The maximum absolute atomic E-state index is 13.0. The zero-order valence-electron chi connectivity index (χ0n) is 17.0. The van der Waals surface area contributed by atoms with Gasteiger partial charge in [-0.1, -0.05) is 48.0 Å². The van der Waals surface area contributed by atoms with Crippen molar-refractivity contribution in [3.05, 3.63) is 65.7 Å². The van der Waals surface area contributed by atoms with Gasteiger partial charge in [-0.05, 0) is 64.2 Å². The van der Waals surface area contributed by atoms with E-state index in [2.05, 4.69) is 0 Å². The zero-order valence-corrected chi connectivity index (χ0v) is 18.6. The highest BCUT2D eigenvalue weighted by atomic mass is 35.5. The largest absolute Gasteiger partial charge is 0.460 e. The lowest BCUT2D eigenvalue weighted by Gasteiger charge is -2.24. The molecule has 3 nitrogen and oxygen atoms in total. The predicted molar refractivity (Wildman–Crippen MR) is 116 cm³/mol. The van der Waals surface area contributed by atoms with Crippen molar-refractivity contribution in [1.82, 2.24) is 0 Å². The molecule has 0 radical (unpaired) electrons. The Bertz CT molecular complexity index is 782. The van der Waals surface area contributed by atoms with Crippen LogP contribution in [-0.4, -0.2) is 20.5 Å². The average Bonchev–Trinajstić information content (AvgIpc) is 2.64. The summed E-state index contributed by atoms with van der Waals surface area (Å²) in [5.74, 6) is -0.559. The number of ether oxygens (including phenoxy) is 1. The van der Waals surface area contributed by atoms with Gasteiger partial charge in [0, 0.05) is 4.90 Å². The second-order valence-electron chi connectivity index (χ2n) is 8.04. The second-order valence-corrected chi connectivity index (χ2v) is 10.3. The molecule has 0 saturated carbocycles. The van der Waals surface area contributed by atoms with Crippen LogP contribution >= 0.6 is 11.6 Å². The lowest BCUT2D eigenvalue weighted by atomic mass is 9.98. The van der Waals surface area contributed by atoms with Crippen LogP contribution in [0.2, 0.25) is 0 Å². The summed E-state index contributed by atoms with van der Waals surface area (Å²) in [5, 5.41) is 0. The molecular formula is C23H29ClO3S. The second kappa shape index (κ2) is 10.2. The normalized spacial score (nSPS) is 14.9. The minimum Gasteiger partial charge on any atom is -0.460 e. The van der Waals surface area contributed by atoms with Crippen molar-refractivity contribution >= 4 is 28.4 Å². The molecule has 0 aliphatic heterocycles. The van der Waals surface area contributed by atoms with Gasteiger partial charge in [-0.3, -0.25) is 9.00 Å². The molecule has 152 valence electrons. The molecule has 5 heteroatoms. The van der Waals surface area contributed by atoms with Gasteiger partial charge in [0.15, 0.2) is 0 Å². The van der Waals surface area contributed by atoms with Crippen molar-refractivity contribution in [2.24, 2.45) is 5.92 Å². The van der Waals surface area contributed by atoms with E-state index < -0.39 is 21.1 Å². The van der Waals surface area contributed by atoms with Crippen LogP contribution in [-0.2, 0) is 26.8 Å². The van der Waals surface area contributed by atoms with Gasteiger partial charge in [0.25, 0.3) is 0 Å². The van der Waals surface area contributed by atoms with Crippen molar-refractivity contribution in [3.8, 4) is 0 Å².